The van der Waals surface area contributed by atoms with Crippen LogP contribution >= 0.6 is 11.6 Å². The minimum Gasteiger partial charge on any atom is -0.480 e. The molecule has 0 radical (unpaired) electrons. The summed E-state index contributed by atoms with van der Waals surface area (Å²) in [4.78, 5) is 25.3. The maximum Gasteiger partial charge on any atom is 0.425 e. The van der Waals surface area contributed by atoms with Crippen LogP contribution in [0.15, 0.2) is 41.5 Å². The van der Waals surface area contributed by atoms with E-state index in [1.165, 1.54) is 16.7 Å². The second kappa shape index (κ2) is 9.84. The van der Waals surface area contributed by atoms with E-state index in [0.717, 1.165) is 18.5 Å². The van der Waals surface area contributed by atoms with Crippen molar-refractivity contribution in [3.63, 3.8) is 0 Å². The van der Waals surface area contributed by atoms with Crippen LogP contribution in [0.2, 0.25) is 5.02 Å². The predicted octanol–water partition coefficient (Wildman–Crippen LogP) is 4.96. The number of carbonyl (C=O) groups excluding carboxylic acids is 1. The van der Waals surface area contributed by atoms with Crippen molar-refractivity contribution in [2.45, 2.75) is 39.1 Å². The van der Waals surface area contributed by atoms with Gasteiger partial charge in [-0.1, -0.05) is 24.6 Å². The molecule has 0 aliphatic heterocycles. The van der Waals surface area contributed by atoms with Crippen LogP contribution < -0.4 is 15.7 Å². The highest BCUT2D eigenvalue weighted by molar-refractivity contribution is 6.34. The highest BCUT2D eigenvalue weighted by Crippen LogP contribution is 2.32. The molecular formula is C21H18ClF5N4O3. The normalized spacial score (nSPS) is 12.5. The summed E-state index contributed by atoms with van der Waals surface area (Å²) in [5.41, 5.74) is -2.42. The highest BCUT2D eigenvalue weighted by atomic mass is 35.5. The second-order valence-electron chi connectivity index (χ2n) is 7.17. The molecule has 0 aliphatic rings. The summed E-state index contributed by atoms with van der Waals surface area (Å²) in [6.07, 6.45) is -5.51. The van der Waals surface area contributed by atoms with Crippen LogP contribution in [0.5, 0.6) is 5.75 Å². The van der Waals surface area contributed by atoms with Gasteiger partial charge in [-0.05, 0) is 31.5 Å². The standard InChI is InChI=1S/C21H18ClF5N4O3/c1-3-7-30-10-28-31(20(30)33)16-9-17(34-11(2)21(25,26)27)12(8-15(16)24)19(32)29-18-13(22)5-4-6-14(18)23/h4-6,8-11H,3,7H2,1-2H3,(H,29,32)/t11-/m0/s1. The number of para-hydroxylation sites is 1. The first-order valence-corrected chi connectivity index (χ1v) is 10.3. The summed E-state index contributed by atoms with van der Waals surface area (Å²) >= 11 is 5.87. The van der Waals surface area contributed by atoms with Crippen molar-refractivity contribution in [2.75, 3.05) is 5.32 Å². The number of nitrogens with zero attached hydrogens (tertiary/aromatic N) is 3. The van der Waals surface area contributed by atoms with E-state index in [1.54, 1.807) is 6.92 Å². The number of ether oxygens (including phenoxy) is 1. The fourth-order valence-corrected chi connectivity index (χ4v) is 3.14. The van der Waals surface area contributed by atoms with Gasteiger partial charge in [-0.2, -0.15) is 23.0 Å². The minimum atomic E-state index is -4.82. The third-order valence-electron chi connectivity index (χ3n) is 4.69. The molecule has 3 rings (SSSR count). The molecule has 1 aromatic heterocycles. The molecule has 182 valence electrons. The summed E-state index contributed by atoms with van der Waals surface area (Å²) in [7, 11) is 0. The number of aromatic nitrogens is 3. The maximum atomic E-state index is 15.0. The number of hydrogen-bond acceptors (Lipinski definition) is 4. The number of halogens is 6. The average molecular weight is 505 g/mol. The Bertz CT molecular complexity index is 1250. The molecular weight excluding hydrogens is 487 g/mol. The smallest absolute Gasteiger partial charge is 0.425 e. The molecule has 1 heterocycles. The van der Waals surface area contributed by atoms with Crippen LogP contribution in [-0.4, -0.2) is 32.5 Å². The topological polar surface area (TPSA) is 78.2 Å². The number of rotatable bonds is 7. The third kappa shape index (κ3) is 5.22. The van der Waals surface area contributed by atoms with E-state index in [9.17, 15) is 31.5 Å². The van der Waals surface area contributed by atoms with E-state index in [0.29, 0.717) is 24.1 Å². The largest absolute Gasteiger partial charge is 0.480 e. The first kappa shape index (κ1) is 25.2. The van der Waals surface area contributed by atoms with Crippen LogP contribution in [-0.2, 0) is 6.54 Å². The van der Waals surface area contributed by atoms with Crippen LogP contribution in [0.25, 0.3) is 5.69 Å². The van der Waals surface area contributed by atoms with Gasteiger partial charge in [0, 0.05) is 12.6 Å². The molecule has 2 aromatic carbocycles. The van der Waals surface area contributed by atoms with Gasteiger partial charge >= 0.3 is 11.9 Å². The first-order valence-electron chi connectivity index (χ1n) is 9.91. The lowest BCUT2D eigenvalue weighted by Gasteiger charge is -2.20. The van der Waals surface area contributed by atoms with E-state index in [4.69, 9.17) is 16.3 Å². The summed E-state index contributed by atoms with van der Waals surface area (Å²) in [5, 5.41) is 5.70. The van der Waals surface area contributed by atoms with Gasteiger partial charge in [0.1, 0.15) is 29.4 Å². The Hall–Kier alpha value is -3.41. The molecule has 3 aromatic rings. The number of benzene rings is 2. The van der Waals surface area contributed by atoms with Crippen molar-refractivity contribution < 1.29 is 31.5 Å². The lowest BCUT2D eigenvalue weighted by molar-refractivity contribution is -0.189. The Morgan fingerprint density at radius 2 is 1.94 bits per heavy atom. The fourth-order valence-electron chi connectivity index (χ4n) is 2.93. The molecule has 0 bridgehead atoms. The number of carbonyl (C=O) groups is 1. The van der Waals surface area contributed by atoms with Crippen molar-refractivity contribution in [2.24, 2.45) is 0 Å². The van der Waals surface area contributed by atoms with E-state index in [2.05, 4.69) is 10.4 Å². The average Bonchev–Trinajstić information content (AvgIpc) is 3.11. The third-order valence-corrected chi connectivity index (χ3v) is 5.00. The zero-order chi connectivity index (χ0) is 25.2. The van der Waals surface area contributed by atoms with Gasteiger partial charge in [0.2, 0.25) is 0 Å². The van der Waals surface area contributed by atoms with E-state index in [-0.39, 0.29) is 11.6 Å². The van der Waals surface area contributed by atoms with Crippen molar-refractivity contribution in [3.8, 4) is 11.4 Å². The molecule has 0 unspecified atom stereocenters. The zero-order valence-corrected chi connectivity index (χ0v) is 18.5. The van der Waals surface area contributed by atoms with Crippen molar-refractivity contribution in [1.29, 1.82) is 0 Å². The van der Waals surface area contributed by atoms with Gasteiger partial charge < -0.3 is 10.1 Å². The molecule has 13 heteroatoms. The van der Waals surface area contributed by atoms with Crippen LogP contribution in [0, 0.1) is 11.6 Å². The molecule has 0 spiro atoms. The molecule has 7 nitrogen and oxygen atoms in total. The quantitative estimate of drug-likeness (QED) is 0.461. The molecule has 1 amide bonds. The summed E-state index contributed by atoms with van der Waals surface area (Å²) in [5.74, 6) is -3.97. The predicted molar refractivity (Wildman–Crippen MR) is 114 cm³/mol. The monoisotopic (exact) mass is 504 g/mol. The molecule has 0 saturated carbocycles. The minimum absolute atomic E-state index is 0.190. The maximum absolute atomic E-state index is 15.0. The Labute approximate surface area is 194 Å². The van der Waals surface area contributed by atoms with Crippen LogP contribution in [0.3, 0.4) is 0 Å². The van der Waals surface area contributed by atoms with E-state index < -0.39 is 58.2 Å². The molecule has 0 saturated heterocycles. The number of amides is 1. The van der Waals surface area contributed by atoms with Crippen molar-refractivity contribution in [3.05, 3.63) is 69.4 Å². The van der Waals surface area contributed by atoms with Crippen LogP contribution in [0.1, 0.15) is 30.6 Å². The van der Waals surface area contributed by atoms with Crippen molar-refractivity contribution in [1.82, 2.24) is 14.3 Å². The molecule has 1 atom stereocenters. The number of anilines is 1. The van der Waals surface area contributed by atoms with E-state index in [1.807, 2.05) is 0 Å². The second-order valence-corrected chi connectivity index (χ2v) is 7.58. The molecule has 0 aliphatic carbocycles. The van der Waals surface area contributed by atoms with Gasteiger partial charge in [0.15, 0.2) is 6.10 Å². The van der Waals surface area contributed by atoms with Gasteiger partial charge in [0.05, 0.1) is 16.3 Å². The SMILES string of the molecule is CCCn1cnn(-c2cc(O[C@@H](C)C(F)(F)F)c(C(=O)Nc3c(F)cccc3Cl)cc2F)c1=O. The van der Waals surface area contributed by atoms with Gasteiger partial charge in [-0.15, -0.1) is 0 Å². The van der Waals surface area contributed by atoms with Gasteiger partial charge in [-0.25, -0.2) is 13.6 Å². The summed E-state index contributed by atoms with van der Waals surface area (Å²) < 4.78 is 75.2. The number of aryl methyl sites for hydroxylation is 1. The molecule has 0 fully saturated rings. The fraction of sp³-hybridized carbons (Fsp3) is 0.286. The van der Waals surface area contributed by atoms with Gasteiger partial charge in [0.25, 0.3) is 5.91 Å². The Morgan fingerprint density at radius 3 is 2.56 bits per heavy atom. The van der Waals surface area contributed by atoms with Gasteiger partial charge in [-0.3, -0.25) is 9.36 Å². The Kier molecular flexibility index (Phi) is 7.29. The number of alkyl halides is 3. The number of nitrogens with one attached hydrogen (secondary N) is 1. The lowest BCUT2D eigenvalue weighted by Crippen LogP contribution is -2.32. The van der Waals surface area contributed by atoms with Crippen LogP contribution in [0.4, 0.5) is 27.6 Å². The Morgan fingerprint density at radius 1 is 1.24 bits per heavy atom. The Balaban J connectivity index is 2.11. The summed E-state index contributed by atoms with van der Waals surface area (Å²) in [6, 6.07) is 4.86. The number of hydrogen-bond donors (Lipinski definition) is 1. The first-order chi connectivity index (χ1) is 15.9. The lowest BCUT2D eigenvalue weighted by atomic mass is 10.1. The van der Waals surface area contributed by atoms with Crippen molar-refractivity contribution >= 4 is 23.2 Å². The van der Waals surface area contributed by atoms with E-state index >= 15 is 0 Å². The summed E-state index contributed by atoms with van der Waals surface area (Å²) in [6.45, 7) is 2.75. The zero-order valence-electron chi connectivity index (χ0n) is 17.8. The highest BCUT2D eigenvalue weighted by Gasteiger charge is 2.39. The molecule has 34 heavy (non-hydrogen) atoms. The molecule has 1 N–H and O–H groups in total.